The van der Waals surface area contributed by atoms with E-state index in [0.29, 0.717) is 0 Å². The van der Waals surface area contributed by atoms with E-state index in [1.807, 2.05) is 24.3 Å². The van der Waals surface area contributed by atoms with Crippen LogP contribution in [0.25, 0.3) is 0 Å². The molecule has 2 rings (SSSR count). The third kappa shape index (κ3) is 6.99. The molecule has 0 fully saturated rings. The molecule has 0 N–H and O–H groups in total. The van der Waals surface area contributed by atoms with Crippen LogP contribution in [-0.2, 0) is 6.42 Å². The van der Waals surface area contributed by atoms with E-state index in [1.54, 1.807) is 6.08 Å². The van der Waals surface area contributed by atoms with E-state index in [1.165, 1.54) is 11.1 Å². The minimum Gasteiger partial charge on any atom is -0.351 e. The second-order valence-electron chi connectivity index (χ2n) is 6.34. The molecule has 0 aliphatic heterocycles. The highest BCUT2D eigenvalue weighted by molar-refractivity contribution is 5.51. The smallest absolute Gasteiger partial charge is 0.0403 e. The van der Waals surface area contributed by atoms with Gasteiger partial charge in [-0.1, -0.05) is 86.1 Å². The van der Waals surface area contributed by atoms with E-state index in [0.717, 1.165) is 30.5 Å². The maximum Gasteiger partial charge on any atom is 0.0403 e. The normalized spacial score (nSPS) is 14.9. The molecule has 27 heavy (non-hydrogen) atoms. The third-order valence-electron chi connectivity index (χ3n) is 4.33. The van der Waals surface area contributed by atoms with Crippen LogP contribution in [0, 0.1) is 0 Å². The molecule has 0 bridgehead atoms. The average Bonchev–Trinajstić information content (AvgIpc) is 2.72. The Bertz CT molecular complexity index is 795. The Kier molecular flexibility index (Phi) is 8.65. The number of benzene rings is 1. The molecule has 1 aromatic carbocycles. The molecule has 0 atom stereocenters. The second kappa shape index (κ2) is 11.5. The van der Waals surface area contributed by atoms with Crippen molar-refractivity contribution in [2.24, 2.45) is 0 Å². The zero-order chi connectivity index (χ0) is 19.3. The van der Waals surface area contributed by atoms with Crippen molar-refractivity contribution in [3.05, 3.63) is 127 Å². The van der Waals surface area contributed by atoms with Gasteiger partial charge in [0.25, 0.3) is 0 Å². The van der Waals surface area contributed by atoms with Crippen molar-refractivity contribution in [3.63, 3.8) is 0 Å². The van der Waals surface area contributed by atoms with Gasteiger partial charge in [0.15, 0.2) is 0 Å². The van der Waals surface area contributed by atoms with Crippen LogP contribution in [0.1, 0.15) is 18.4 Å². The summed E-state index contributed by atoms with van der Waals surface area (Å²) < 4.78 is 0. The predicted octanol–water partition coefficient (Wildman–Crippen LogP) is 6.87. The highest BCUT2D eigenvalue weighted by atomic mass is 15.1. The van der Waals surface area contributed by atoms with Gasteiger partial charge in [0.1, 0.15) is 0 Å². The first kappa shape index (κ1) is 20.3. The van der Waals surface area contributed by atoms with Crippen LogP contribution >= 0.6 is 0 Å². The van der Waals surface area contributed by atoms with Crippen molar-refractivity contribution in [1.82, 2.24) is 0 Å². The molecule has 0 radical (unpaired) electrons. The molecule has 0 amide bonds. The summed E-state index contributed by atoms with van der Waals surface area (Å²) in [6, 6.07) is 8.64. The number of nitrogens with zero attached hydrogens (tertiary/aromatic N) is 1. The first-order valence-corrected chi connectivity index (χ1v) is 9.38. The molecule has 0 heterocycles. The third-order valence-corrected chi connectivity index (χ3v) is 4.33. The Balaban J connectivity index is 1.95. The Morgan fingerprint density at radius 1 is 1.04 bits per heavy atom. The van der Waals surface area contributed by atoms with Crippen LogP contribution in [0.2, 0.25) is 0 Å². The average molecular weight is 356 g/mol. The summed E-state index contributed by atoms with van der Waals surface area (Å²) in [6.07, 6.45) is 27.9. The van der Waals surface area contributed by atoms with Crippen molar-refractivity contribution >= 4 is 5.69 Å². The van der Waals surface area contributed by atoms with Gasteiger partial charge in [0, 0.05) is 18.9 Å². The fourth-order valence-corrected chi connectivity index (χ4v) is 2.76. The lowest BCUT2D eigenvalue weighted by Crippen LogP contribution is -2.07. The van der Waals surface area contributed by atoms with Crippen LogP contribution < -0.4 is 4.90 Å². The van der Waals surface area contributed by atoms with Gasteiger partial charge in [0.05, 0.1) is 0 Å². The molecule has 0 aromatic heterocycles. The molecule has 0 unspecified atom stereocenters. The fourth-order valence-electron chi connectivity index (χ4n) is 2.76. The molecular weight excluding hydrogens is 326 g/mol. The quantitative estimate of drug-likeness (QED) is 0.437. The lowest BCUT2D eigenvalue weighted by atomic mass is 9.99. The highest BCUT2D eigenvalue weighted by Crippen LogP contribution is 2.19. The van der Waals surface area contributed by atoms with Crippen molar-refractivity contribution in [2.75, 3.05) is 11.9 Å². The van der Waals surface area contributed by atoms with Crippen LogP contribution in [-0.4, -0.2) is 7.05 Å². The second-order valence-corrected chi connectivity index (χ2v) is 6.34. The van der Waals surface area contributed by atoms with Gasteiger partial charge in [-0.3, -0.25) is 0 Å². The predicted molar refractivity (Wildman–Crippen MR) is 121 cm³/mol. The van der Waals surface area contributed by atoms with Gasteiger partial charge in [-0.25, -0.2) is 0 Å². The van der Waals surface area contributed by atoms with Gasteiger partial charge < -0.3 is 4.90 Å². The zero-order valence-electron chi connectivity index (χ0n) is 16.2. The molecule has 1 aliphatic carbocycles. The molecule has 1 nitrogen and oxygen atoms in total. The molecule has 0 spiro atoms. The summed E-state index contributed by atoms with van der Waals surface area (Å²) in [7, 11) is 2.06. The monoisotopic (exact) mass is 355 g/mol. The van der Waals surface area contributed by atoms with Gasteiger partial charge in [-0.05, 0) is 54.2 Å². The number of hydrogen-bond acceptors (Lipinski definition) is 1. The number of allylic oxidation sites excluding steroid dienone is 13. The lowest BCUT2D eigenvalue weighted by molar-refractivity contribution is 1.02. The minimum absolute atomic E-state index is 0.926. The van der Waals surface area contributed by atoms with Crippen LogP contribution in [0.5, 0.6) is 0 Å². The van der Waals surface area contributed by atoms with Gasteiger partial charge in [-0.15, -0.1) is 0 Å². The van der Waals surface area contributed by atoms with E-state index in [2.05, 4.69) is 92.0 Å². The molecule has 138 valence electrons. The van der Waals surface area contributed by atoms with Crippen molar-refractivity contribution in [2.45, 2.75) is 19.3 Å². The van der Waals surface area contributed by atoms with E-state index in [9.17, 15) is 0 Å². The summed E-state index contributed by atoms with van der Waals surface area (Å²) in [5, 5.41) is 0. The SMILES string of the molecule is C=C/C=C\C=C/Cc1ccc(N(C)/C=C/C=C(\C=C)C2=CCCC=C2)cc1. The van der Waals surface area contributed by atoms with E-state index in [-0.39, 0.29) is 0 Å². The van der Waals surface area contributed by atoms with Crippen molar-refractivity contribution < 1.29 is 0 Å². The molecule has 1 aromatic rings. The first-order chi connectivity index (χ1) is 13.2. The largest absolute Gasteiger partial charge is 0.351 e. The summed E-state index contributed by atoms with van der Waals surface area (Å²) in [5.74, 6) is 0. The number of anilines is 1. The fraction of sp³-hybridized carbons (Fsp3) is 0.154. The van der Waals surface area contributed by atoms with Gasteiger partial charge >= 0.3 is 0 Å². The van der Waals surface area contributed by atoms with Gasteiger partial charge in [0.2, 0.25) is 0 Å². The molecule has 0 saturated carbocycles. The standard InChI is InChI=1S/C26H29N/c1-4-6-7-8-10-14-23-18-20-26(21-19-23)27(3)22-13-17-24(5-2)25-15-11-9-12-16-25/h4-8,10-11,13,15-22H,1-2,9,12,14H2,3H3/b7-6-,10-8-,22-13+,24-17+. The number of rotatable bonds is 9. The van der Waals surface area contributed by atoms with E-state index in [4.69, 9.17) is 0 Å². The maximum atomic E-state index is 3.94. The number of hydrogen-bond donors (Lipinski definition) is 0. The molecule has 1 aliphatic rings. The summed E-state index contributed by atoms with van der Waals surface area (Å²) in [6.45, 7) is 7.59. The summed E-state index contributed by atoms with van der Waals surface area (Å²) in [4.78, 5) is 2.12. The zero-order valence-corrected chi connectivity index (χ0v) is 16.2. The lowest BCUT2D eigenvalue weighted by Gasteiger charge is -2.14. The van der Waals surface area contributed by atoms with E-state index >= 15 is 0 Å². The topological polar surface area (TPSA) is 3.24 Å². The summed E-state index contributed by atoms with van der Waals surface area (Å²) >= 11 is 0. The van der Waals surface area contributed by atoms with Crippen LogP contribution in [0.15, 0.2) is 122 Å². The Labute approximate surface area is 164 Å². The maximum absolute atomic E-state index is 3.94. The van der Waals surface area contributed by atoms with Crippen molar-refractivity contribution in [3.8, 4) is 0 Å². The molecule has 1 heteroatoms. The highest BCUT2D eigenvalue weighted by Gasteiger charge is 2.00. The molecule has 0 saturated heterocycles. The van der Waals surface area contributed by atoms with Crippen molar-refractivity contribution in [1.29, 1.82) is 0 Å². The van der Waals surface area contributed by atoms with Gasteiger partial charge in [-0.2, -0.15) is 0 Å². The van der Waals surface area contributed by atoms with E-state index < -0.39 is 0 Å². The molecular formula is C26H29N. The summed E-state index contributed by atoms with van der Waals surface area (Å²) in [5.41, 5.74) is 4.87. The first-order valence-electron chi connectivity index (χ1n) is 9.38. The Hall–Kier alpha value is -3.06. The minimum atomic E-state index is 0.926. The van der Waals surface area contributed by atoms with Crippen LogP contribution in [0.3, 0.4) is 0 Å². The Morgan fingerprint density at radius 2 is 1.85 bits per heavy atom. The van der Waals surface area contributed by atoms with Crippen LogP contribution in [0.4, 0.5) is 5.69 Å². The Morgan fingerprint density at radius 3 is 2.52 bits per heavy atom.